The van der Waals surface area contributed by atoms with Gasteiger partial charge in [-0.15, -0.1) is 16.4 Å². The number of nitrogens with zero attached hydrogens (tertiary/aromatic N) is 2. The Labute approximate surface area is 120 Å². The molecule has 0 saturated carbocycles. The first-order valence-corrected chi connectivity index (χ1v) is 7.47. The normalized spacial score (nSPS) is 14.4. The Kier molecular flexibility index (Phi) is 3.68. The predicted molar refractivity (Wildman–Crippen MR) is 76.5 cm³/mol. The van der Waals surface area contributed by atoms with E-state index in [2.05, 4.69) is 20.5 Å². The fourth-order valence-corrected chi connectivity index (χ4v) is 3.49. The lowest BCUT2D eigenvalue weighted by Gasteiger charge is -1.97. The number of aryl methyl sites for hydroxylation is 2. The standard InChI is InChI=1S/C13H16N4O2S/c1-19-13-15-12(16-17-13)14-11(18)10-7-8-5-3-2-4-6-9(8)20-10/h7H,2-6H2,1H3,(H2,14,15,16,17,18). The first-order chi connectivity index (χ1) is 9.76. The molecule has 0 atom stereocenters. The van der Waals surface area contributed by atoms with Crippen LogP contribution in [0.2, 0.25) is 0 Å². The summed E-state index contributed by atoms with van der Waals surface area (Å²) in [5.74, 6) is 0.150. The van der Waals surface area contributed by atoms with E-state index in [0.29, 0.717) is 5.95 Å². The van der Waals surface area contributed by atoms with E-state index in [1.807, 2.05) is 6.07 Å². The average molecular weight is 292 g/mol. The molecule has 0 saturated heterocycles. The number of carbonyl (C=O) groups excluding carboxylic acids is 1. The van der Waals surface area contributed by atoms with Crippen molar-refractivity contribution in [3.63, 3.8) is 0 Å². The predicted octanol–water partition coefficient (Wildman–Crippen LogP) is 2.40. The lowest BCUT2D eigenvalue weighted by atomic mass is 10.1. The number of aromatic nitrogens is 3. The van der Waals surface area contributed by atoms with Gasteiger partial charge in [0.1, 0.15) is 0 Å². The number of hydrogen-bond donors (Lipinski definition) is 2. The molecule has 20 heavy (non-hydrogen) atoms. The van der Waals surface area contributed by atoms with Crippen LogP contribution in [0.4, 0.5) is 5.95 Å². The molecule has 2 aromatic heterocycles. The van der Waals surface area contributed by atoms with Gasteiger partial charge in [-0.25, -0.2) is 5.10 Å². The summed E-state index contributed by atoms with van der Waals surface area (Å²) < 4.78 is 4.86. The molecular weight excluding hydrogens is 276 g/mol. The number of thiophene rings is 1. The van der Waals surface area contributed by atoms with E-state index in [-0.39, 0.29) is 11.9 Å². The van der Waals surface area contributed by atoms with Crippen molar-refractivity contribution in [2.75, 3.05) is 12.4 Å². The number of amides is 1. The number of ether oxygens (including phenoxy) is 1. The van der Waals surface area contributed by atoms with Crippen molar-refractivity contribution in [1.29, 1.82) is 0 Å². The number of anilines is 1. The third-order valence-electron chi connectivity index (χ3n) is 3.35. The van der Waals surface area contributed by atoms with Gasteiger partial charge >= 0.3 is 6.01 Å². The molecule has 3 rings (SSSR count). The molecule has 106 valence electrons. The molecule has 1 aliphatic carbocycles. The quantitative estimate of drug-likeness (QED) is 0.851. The van der Waals surface area contributed by atoms with Crippen LogP contribution >= 0.6 is 11.3 Å². The van der Waals surface area contributed by atoms with Gasteiger partial charge in [-0.05, 0) is 37.3 Å². The molecule has 1 amide bonds. The monoisotopic (exact) mass is 292 g/mol. The maximum Gasteiger partial charge on any atom is 0.336 e. The second-order valence-corrected chi connectivity index (χ2v) is 5.88. The van der Waals surface area contributed by atoms with Crippen LogP contribution in [-0.4, -0.2) is 28.2 Å². The molecule has 0 radical (unpaired) electrons. The highest BCUT2D eigenvalue weighted by Crippen LogP contribution is 2.29. The molecule has 2 heterocycles. The van der Waals surface area contributed by atoms with E-state index in [1.54, 1.807) is 11.3 Å². The highest BCUT2D eigenvalue weighted by atomic mass is 32.1. The SMILES string of the molecule is COc1n[nH]c(NC(=O)c2cc3c(s2)CCCCC3)n1. The fraction of sp³-hybridized carbons (Fsp3) is 0.462. The number of H-pyrrole nitrogens is 1. The van der Waals surface area contributed by atoms with Crippen LogP contribution < -0.4 is 10.1 Å². The van der Waals surface area contributed by atoms with Crippen LogP contribution in [0, 0.1) is 0 Å². The van der Waals surface area contributed by atoms with Gasteiger partial charge in [-0.2, -0.15) is 4.98 Å². The van der Waals surface area contributed by atoms with Gasteiger partial charge in [0.25, 0.3) is 5.91 Å². The van der Waals surface area contributed by atoms with E-state index < -0.39 is 0 Å². The fourth-order valence-electron chi connectivity index (χ4n) is 2.34. The van der Waals surface area contributed by atoms with Crippen LogP contribution in [0.1, 0.15) is 39.4 Å². The van der Waals surface area contributed by atoms with Gasteiger partial charge in [0, 0.05) is 4.88 Å². The molecular formula is C13H16N4O2S. The van der Waals surface area contributed by atoms with Gasteiger partial charge in [0.15, 0.2) is 0 Å². The maximum atomic E-state index is 12.2. The summed E-state index contributed by atoms with van der Waals surface area (Å²) in [6.45, 7) is 0. The van der Waals surface area contributed by atoms with Crippen LogP contribution in [0.15, 0.2) is 6.07 Å². The van der Waals surface area contributed by atoms with Crippen molar-refractivity contribution in [2.24, 2.45) is 0 Å². The van der Waals surface area contributed by atoms with Gasteiger partial charge in [0.05, 0.1) is 12.0 Å². The smallest absolute Gasteiger partial charge is 0.336 e. The summed E-state index contributed by atoms with van der Waals surface area (Å²) in [5.41, 5.74) is 1.33. The topological polar surface area (TPSA) is 79.9 Å². The van der Waals surface area contributed by atoms with Crippen LogP contribution in [0.25, 0.3) is 0 Å². The Bertz CT molecular complexity index is 596. The minimum atomic E-state index is -0.151. The second-order valence-electron chi connectivity index (χ2n) is 4.74. The minimum absolute atomic E-state index is 0.151. The Hall–Kier alpha value is -1.89. The molecule has 6 nitrogen and oxygen atoms in total. The van der Waals surface area contributed by atoms with E-state index in [1.165, 1.54) is 36.8 Å². The Morgan fingerprint density at radius 3 is 3.05 bits per heavy atom. The molecule has 0 aromatic carbocycles. The minimum Gasteiger partial charge on any atom is -0.466 e. The summed E-state index contributed by atoms with van der Waals surface area (Å²) in [5, 5.41) is 9.10. The zero-order chi connectivity index (χ0) is 13.9. The van der Waals surface area contributed by atoms with E-state index in [4.69, 9.17) is 4.74 Å². The number of hydrogen-bond acceptors (Lipinski definition) is 5. The molecule has 0 aliphatic heterocycles. The van der Waals surface area contributed by atoms with Crippen molar-refractivity contribution in [1.82, 2.24) is 15.2 Å². The molecule has 7 heteroatoms. The highest BCUT2D eigenvalue weighted by molar-refractivity contribution is 7.14. The molecule has 0 spiro atoms. The van der Waals surface area contributed by atoms with Crippen molar-refractivity contribution in [3.05, 3.63) is 21.4 Å². The average Bonchev–Trinajstić information content (AvgIpc) is 3.01. The number of carbonyl (C=O) groups is 1. The van der Waals surface area contributed by atoms with Gasteiger partial charge in [0.2, 0.25) is 5.95 Å². The summed E-state index contributed by atoms with van der Waals surface area (Å²) >= 11 is 1.58. The summed E-state index contributed by atoms with van der Waals surface area (Å²) in [4.78, 5) is 18.2. The first-order valence-electron chi connectivity index (χ1n) is 6.65. The molecule has 1 aliphatic rings. The van der Waals surface area contributed by atoms with Crippen molar-refractivity contribution in [3.8, 4) is 6.01 Å². The second kappa shape index (κ2) is 5.62. The number of rotatable bonds is 3. The van der Waals surface area contributed by atoms with E-state index >= 15 is 0 Å². The first kappa shape index (κ1) is 13.1. The summed E-state index contributed by atoms with van der Waals surface area (Å²) in [6, 6.07) is 2.22. The number of nitrogens with one attached hydrogen (secondary N) is 2. The Morgan fingerprint density at radius 1 is 1.40 bits per heavy atom. The van der Waals surface area contributed by atoms with Gasteiger partial charge < -0.3 is 4.74 Å². The number of methoxy groups -OCH3 is 1. The molecule has 0 bridgehead atoms. The van der Waals surface area contributed by atoms with Crippen LogP contribution in [-0.2, 0) is 12.8 Å². The number of fused-ring (bicyclic) bond motifs is 1. The third-order valence-corrected chi connectivity index (χ3v) is 4.59. The lowest BCUT2D eigenvalue weighted by molar-refractivity contribution is 0.102. The van der Waals surface area contributed by atoms with Crippen LogP contribution in [0.5, 0.6) is 6.01 Å². The zero-order valence-electron chi connectivity index (χ0n) is 11.2. The van der Waals surface area contributed by atoms with Crippen molar-refractivity contribution in [2.45, 2.75) is 32.1 Å². The summed E-state index contributed by atoms with van der Waals surface area (Å²) in [6.07, 6.45) is 5.87. The van der Waals surface area contributed by atoms with E-state index in [9.17, 15) is 4.79 Å². The van der Waals surface area contributed by atoms with E-state index in [0.717, 1.165) is 17.7 Å². The Morgan fingerprint density at radius 2 is 2.25 bits per heavy atom. The van der Waals surface area contributed by atoms with Crippen LogP contribution in [0.3, 0.4) is 0 Å². The molecule has 0 fully saturated rings. The molecule has 0 unspecified atom stereocenters. The molecule has 2 N–H and O–H groups in total. The largest absolute Gasteiger partial charge is 0.466 e. The van der Waals surface area contributed by atoms with Gasteiger partial charge in [-0.1, -0.05) is 6.42 Å². The van der Waals surface area contributed by atoms with Gasteiger partial charge in [-0.3, -0.25) is 10.1 Å². The highest BCUT2D eigenvalue weighted by Gasteiger charge is 2.17. The summed E-state index contributed by atoms with van der Waals surface area (Å²) in [7, 11) is 1.48. The third kappa shape index (κ3) is 2.67. The Balaban J connectivity index is 1.74. The lowest BCUT2D eigenvalue weighted by Crippen LogP contribution is -2.11. The van der Waals surface area contributed by atoms with Crippen molar-refractivity contribution >= 4 is 23.2 Å². The maximum absolute atomic E-state index is 12.2. The number of aromatic amines is 1. The zero-order valence-corrected chi connectivity index (χ0v) is 12.0. The molecule has 2 aromatic rings. The van der Waals surface area contributed by atoms with Crippen molar-refractivity contribution < 1.29 is 9.53 Å².